The molecule has 2 N–H and O–H groups in total. The molecule has 0 spiro atoms. The fourth-order valence-corrected chi connectivity index (χ4v) is 1.82. The number of aromatic nitrogens is 3. The highest BCUT2D eigenvalue weighted by Crippen LogP contribution is 2.19. The zero-order chi connectivity index (χ0) is 9.38. The maximum atomic E-state index is 4.55. The lowest BCUT2D eigenvalue weighted by atomic mass is 10.2. The molecule has 0 saturated heterocycles. The van der Waals surface area contributed by atoms with Crippen molar-refractivity contribution in [3.05, 3.63) is 30.2 Å². The van der Waals surface area contributed by atoms with Gasteiger partial charge in [0.2, 0.25) is 0 Å². The van der Waals surface area contributed by atoms with E-state index < -0.39 is 0 Å². The maximum Gasteiger partial charge on any atom is 0.0941 e. The summed E-state index contributed by atoms with van der Waals surface area (Å²) in [6.07, 6.45) is 3.90. The zero-order valence-electron chi connectivity index (χ0n) is 7.83. The molecule has 1 aliphatic rings. The van der Waals surface area contributed by atoms with Gasteiger partial charge in [-0.3, -0.25) is 4.68 Å². The fraction of sp³-hybridized carbons (Fsp3) is 0.300. The van der Waals surface area contributed by atoms with E-state index in [0.29, 0.717) is 0 Å². The lowest BCUT2D eigenvalue weighted by Crippen LogP contribution is -2.28. The van der Waals surface area contributed by atoms with Gasteiger partial charge in [-0.15, -0.1) is 0 Å². The molecule has 0 radical (unpaired) electrons. The highest BCUT2D eigenvalue weighted by Gasteiger charge is 2.12. The van der Waals surface area contributed by atoms with Crippen LogP contribution in [0.3, 0.4) is 0 Å². The molecule has 0 saturated carbocycles. The molecule has 0 fully saturated rings. The SMILES string of the molecule is c1cc(-c2cc3n(n2)CCNC3)c[nH]1. The number of nitrogens with zero attached hydrogens (tertiary/aromatic N) is 2. The number of rotatable bonds is 1. The van der Waals surface area contributed by atoms with E-state index in [4.69, 9.17) is 0 Å². The third-order valence-electron chi connectivity index (χ3n) is 2.56. The predicted molar refractivity (Wildman–Crippen MR) is 53.7 cm³/mol. The van der Waals surface area contributed by atoms with Crippen LogP contribution in [0, 0.1) is 0 Å². The standard InChI is InChI=1S/C10H12N4/c1-2-11-6-8(1)10-5-9-7-12-3-4-14(9)13-10/h1-2,5-6,11-12H,3-4,7H2. The number of H-pyrrole nitrogens is 1. The van der Waals surface area contributed by atoms with E-state index in [2.05, 4.69) is 26.1 Å². The van der Waals surface area contributed by atoms with Crippen LogP contribution in [0.5, 0.6) is 0 Å². The first-order valence-electron chi connectivity index (χ1n) is 4.84. The fourth-order valence-electron chi connectivity index (χ4n) is 1.82. The minimum atomic E-state index is 0.928. The second-order valence-electron chi connectivity index (χ2n) is 3.52. The molecule has 0 aliphatic carbocycles. The largest absolute Gasteiger partial charge is 0.367 e. The number of hydrogen-bond acceptors (Lipinski definition) is 2. The molecule has 4 nitrogen and oxygen atoms in total. The van der Waals surface area contributed by atoms with E-state index in [0.717, 1.165) is 30.9 Å². The molecular weight excluding hydrogens is 176 g/mol. The van der Waals surface area contributed by atoms with E-state index >= 15 is 0 Å². The van der Waals surface area contributed by atoms with E-state index in [1.54, 1.807) is 0 Å². The lowest BCUT2D eigenvalue weighted by molar-refractivity contribution is 0.476. The van der Waals surface area contributed by atoms with Crippen LogP contribution in [0.2, 0.25) is 0 Å². The Bertz CT molecular complexity index is 403. The van der Waals surface area contributed by atoms with E-state index in [1.165, 1.54) is 5.69 Å². The van der Waals surface area contributed by atoms with Crippen molar-refractivity contribution in [2.75, 3.05) is 6.54 Å². The third kappa shape index (κ3) is 1.15. The van der Waals surface area contributed by atoms with Crippen LogP contribution in [-0.4, -0.2) is 21.3 Å². The summed E-state index contributed by atoms with van der Waals surface area (Å²) in [5.41, 5.74) is 3.49. The van der Waals surface area contributed by atoms with Gasteiger partial charge < -0.3 is 10.3 Å². The van der Waals surface area contributed by atoms with Crippen molar-refractivity contribution in [1.29, 1.82) is 0 Å². The van der Waals surface area contributed by atoms with Gasteiger partial charge in [0.1, 0.15) is 0 Å². The van der Waals surface area contributed by atoms with Gasteiger partial charge in [0, 0.05) is 31.0 Å². The van der Waals surface area contributed by atoms with Crippen LogP contribution in [0.15, 0.2) is 24.5 Å². The number of nitrogens with one attached hydrogen (secondary N) is 2. The Morgan fingerprint density at radius 1 is 1.43 bits per heavy atom. The van der Waals surface area contributed by atoms with E-state index in [-0.39, 0.29) is 0 Å². The van der Waals surface area contributed by atoms with Gasteiger partial charge in [0.25, 0.3) is 0 Å². The van der Waals surface area contributed by atoms with Crippen molar-refractivity contribution < 1.29 is 0 Å². The van der Waals surface area contributed by atoms with E-state index in [1.807, 2.05) is 18.5 Å². The normalized spacial score (nSPS) is 15.4. The molecule has 3 heterocycles. The summed E-state index contributed by atoms with van der Waals surface area (Å²) in [5, 5.41) is 7.88. The van der Waals surface area contributed by atoms with Gasteiger partial charge in [-0.05, 0) is 12.1 Å². The Balaban J connectivity index is 2.04. The Morgan fingerprint density at radius 2 is 2.43 bits per heavy atom. The summed E-state index contributed by atoms with van der Waals surface area (Å²) in [4.78, 5) is 3.04. The van der Waals surface area contributed by atoms with Gasteiger partial charge in [-0.25, -0.2) is 0 Å². The van der Waals surface area contributed by atoms with Crippen LogP contribution in [0.1, 0.15) is 5.69 Å². The second-order valence-corrected chi connectivity index (χ2v) is 3.52. The molecule has 3 rings (SSSR count). The van der Waals surface area contributed by atoms with Crippen LogP contribution in [-0.2, 0) is 13.1 Å². The maximum absolute atomic E-state index is 4.55. The second kappa shape index (κ2) is 2.99. The third-order valence-corrected chi connectivity index (χ3v) is 2.56. The molecular formula is C10H12N4. The number of fused-ring (bicyclic) bond motifs is 1. The van der Waals surface area contributed by atoms with Crippen molar-refractivity contribution in [1.82, 2.24) is 20.1 Å². The molecule has 2 aromatic rings. The number of hydrogen-bond donors (Lipinski definition) is 2. The molecule has 0 atom stereocenters. The first-order chi connectivity index (χ1) is 6.93. The monoisotopic (exact) mass is 188 g/mol. The van der Waals surface area contributed by atoms with Crippen molar-refractivity contribution in [3.63, 3.8) is 0 Å². The summed E-state index contributed by atoms with van der Waals surface area (Å²) in [7, 11) is 0. The summed E-state index contributed by atoms with van der Waals surface area (Å²) in [5.74, 6) is 0. The number of aromatic amines is 1. The van der Waals surface area contributed by atoms with Crippen LogP contribution in [0.4, 0.5) is 0 Å². The Labute approximate surface area is 81.9 Å². The van der Waals surface area contributed by atoms with Crippen molar-refractivity contribution in [2.24, 2.45) is 0 Å². The molecule has 0 unspecified atom stereocenters. The lowest BCUT2D eigenvalue weighted by Gasteiger charge is -2.13. The van der Waals surface area contributed by atoms with Crippen LogP contribution in [0.25, 0.3) is 11.3 Å². The molecule has 4 heteroatoms. The Kier molecular flexibility index (Phi) is 1.67. The van der Waals surface area contributed by atoms with Gasteiger partial charge in [-0.1, -0.05) is 0 Å². The highest BCUT2D eigenvalue weighted by molar-refractivity contribution is 5.58. The first kappa shape index (κ1) is 7.82. The van der Waals surface area contributed by atoms with E-state index in [9.17, 15) is 0 Å². The van der Waals surface area contributed by atoms with Gasteiger partial charge in [0.05, 0.1) is 17.9 Å². The van der Waals surface area contributed by atoms with Crippen LogP contribution < -0.4 is 5.32 Å². The molecule has 72 valence electrons. The quantitative estimate of drug-likeness (QED) is 0.700. The minimum absolute atomic E-state index is 0.928. The summed E-state index contributed by atoms with van der Waals surface area (Å²) in [6.45, 7) is 2.92. The van der Waals surface area contributed by atoms with Crippen molar-refractivity contribution >= 4 is 0 Å². The first-order valence-corrected chi connectivity index (χ1v) is 4.84. The van der Waals surface area contributed by atoms with Gasteiger partial charge >= 0.3 is 0 Å². The predicted octanol–water partition coefficient (Wildman–Crippen LogP) is 0.981. The average Bonchev–Trinajstić information content (AvgIpc) is 2.86. The molecule has 0 amide bonds. The Hall–Kier alpha value is -1.55. The topological polar surface area (TPSA) is 45.6 Å². The molecule has 1 aliphatic heterocycles. The smallest absolute Gasteiger partial charge is 0.0941 e. The molecule has 0 bridgehead atoms. The van der Waals surface area contributed by atoms with Gasteiger partial charge in [0.15, 0.2) is 0 Å². The van der Waals surface area contributed by atoms with Crippen molar-refractivity contribution in [3.8, 4) is 11.3 Å². The van der Waals surface area contributed by atoms with Crippen molar-refractivity contribution in [2.45, 2.75) is 13.1 Å². The molecule has 2 aromatic heterocycles. The van der Waals surface area contributed by atoms with Gasteiger partial charge in [-0.2, -0.15) is 5.10 Å². The zero-order valence-corrected chi connectivity index (χ0v) is 7.83. The van der Waals surface area contributed by atoms with Crippen LogP contribution >= 0.6 is 0 Å². The summed E-state index contributed by atoms with van der Waals surface area (Å²) < 4.78 is 2.08. The molecule has 14 heavy (non-hydrogen) atoms. The molecule has 0 aromatic carbocycles. The minimum Gasteiger partial charge on any atom is -0.367 e. The highest BCUT2D eigenvalue weighted by atomic mass is 15.3. The average molecular weight is 188 g/mol. The Morgan fingerprint density at radius 3 is 3.21 bits per heavy atom. The summed E-state index contributed by atoms with van der Waals surface area (Å²) in [6, 6.07) is 4.19. The summed E-state index contributed by atoms with van der Waals surface area (Å²) >= 11 is 0.